The Kier molecular flexibility index (Phi) is 2.75. The van der Waals surface area contributed by atoms with Crippen molar-refractivity contribution >= 4 is 22.6 Å². The highest BCUT2D eigenvalue weighted by atomic mass is 127. The van der Waals surface area contributed by atoms with Gasteiger partial charge < -0.3 is 9.26 Å². The van der Waals surface area contributed by atoms with Crippen molar-refractivity contribution in [2.45, 2.75) is 26.9 Å². The maximum absolute atomic E-state index is 5.35. The van der Waals surface area contributed by atoms with E-state index in [1.165, 1.54) is 0 Å². The fourth-order valence-electron chi connectivity index (χ4n) is 0.637. The molecule has 0 fully saturated rings. The lowest BCUT2D eigenvalue weighted by atomic mass is 10.5. The van der Waals surface area contributed by atoms with E-state index in [2.05, 4.69) is 27.7 Å². The number of aryl methyl sites for hydroxylation is 1. The topological polar surface area (TPSA) is 35.3 Å². The monoisotopic (exact) mass is 267 g/mol. The number of hydrogen-bond donors (Lipinski definition) is 0. The third-order valence-corrected chi connectivity index (χ3v) is 2.33. The number of hydrogen-bond acceptors (Lipinski definition) is 3. The molecule has 0 saturated heterocycles. The van der Waals surface area contributed by atoms with Gasteiger partial charge in [0.05, 0.1) is 6.10 Å². The first kappa shape index (κ1) is 8.83. The summed E-state index contributed by atoms with van der Waals surface area (Å²) in [5, 5.41) is 3.75. The molecule has 0 aliphatic heterocycles. The minimum atomic E-state index is 0.146. The zero-order valence-electron chi connectivity index (χ0n) is 6.72. The van der Waals surface area contributed by atoms with Crippen LogP contribution >= 0.6 is 22.6 Å². The van der Waals surface area contributed by atoms with Gasteiger partial charge in [0.1, 0.15) is 3.57 Å². The number of aromatic nitrogens is 1. The van der Waals surface area contributed by atoms with Crippen LogP contribution in [0.5, 0.6) is 5.88 Å². The van der Waals surface area contributed by atoms with Crippen molar-refractivity contribution in [3.8, 4) is 5.88 Å². The fourth-order valence-corrected chi connectivity index (χ4v) is 0.961. The predicted octanol–water partition coefficient (Wildman–Crippen LogP) is 2.37. The van der Waals surface area contributed by atoms with Crippen LogP contribution in [0.3, 0.4) is 0 Å². The molecule has 0 amide bonds. The van der Waals surface area contributed by atoms with Gasteiger partial charge in [-0.3, -0.25) is 0 Å². The van der Waals surface area contributed by atoms with Crippen molar-refractivity contribution < 1.29 is 9.26 Å². The van der Waals surface area contributed by atoms with Gasteiger partial charge in [-0.1, -0.05) is 0 Å². The van der Waals surface area contributed by atoms with Gasteiger partial charge in [0, 0.05) is 0 Å². The third-order valence-electron chi connectivity index (χ3n) is 1.11. The van der Waals surface area contributed by atoms with Gasteiger partial charge in [-0.05, 0) is 48.5 Å². The molecule has 0 N–H and O–H groups in total. The molecule has 0 aliphatic carbocycles. The zero-order valence-corrected chi connectivity index (χ0v) is 8.88. The van der Waals surface area contributed by atoms with E-state index in [4.69, 9.17) is 9.26 Å². The molecule has 0 spiro atoms. The standard InChI is InChI=1S/C7H10INO2/c1-4(2)10-7-6(8)5(3)11-9-7/h4H,1-3H3. The quantitative estimate of drug-likeness (QED) is 0.771. The van der Waals surface area contributed by atoms with Crippen LogP contribution in [0.4, 0.5) is 0 Å². The Hall–Kier alpha value is -0.260. The van der Waals surface area contributed by atoms with Gasteiger partial charge in [-0.25, -0.2) is 0 Å². The Morgan fingerprint density at radius 3 is 2.55 bits per heavy atom. The van der Waals surface area contributed by atoms with Crippen LogP contribution in [0.25, 0.3) is 0 Å². The first-order valence-corrected chi connectivity index (χ1v) is 4.47. The fraction of sp³-hybridized carbons (Fsp3) is 0.571. The Labute approximate surface area is 79.2 Å². The van der Waals surface area contributed by atoms with Gasteiger partial charge in [-0.2, -0.15) is 0 Å². The van der Waals surface area contributed by atoms with Crippen molar-refractivity contribution in [3.63, 3.8) is 0 Å². The second kappa shape index (κ2) is 3.42. The molecular formula is C7H10INO2. The van der Waals surface area contributed by atoms with Crippen molar-refractivity contribution in [1.82, 2.24) is 5.16 Å². The van der Waals surface area contributed by atoms with Gasteiger partial charge in [0.2, 0.25) is 0 Å². The van der Waals surface area contributed by atoms with Crippen LogP contribution in [-0.2, 0) is 0 Å². The van der Waals surface area contributed by atoms with Crippen LogP contribution in [0.15, 0.2) is 4.52 Å². The lowest BCUT2D eigenvalue weighted by Gasteiger charge is -2.04. The van der Waals surface area contributed by atoms with Gasteiger partial charge in [0.15, 0.2) is 5.76 Å². The van der Waals surface area contributed by atoms with E-state index in [0.717, 1.165) is 9.33 Å². The molecule has 1 rings (SSSR count). The van der Waals surface area contributed by atoms with Crippen molar-refractivity contribution in [2.24, 2.45) is 0 Å². The van der Waals surface area contributed by atoms with E-state index in [1.54, 1.807) is 0 Å². The molecule has 3 nitrogen and oxygen atoms in total. The SMILES string of the molecule is Cc1onc(OC(C)C)c1I. The first-order valence-electron chi connectivity index (χ1n) is 3.39. The normalized spacial score (nSPS) is 10.6. The van der Waals surface area contributed by atoms with E-state index < -0.39 is 0 Å². The molecule has 0 unspecified atom stereocenters. The Morgan fingerprint density at radius 2 is 2.18 bits per heavy atom. The predicted molar refractivity (Wildman–Crippen MR) is 49.7 cm³/mol. The van der Waals surface area contributed by atoms with Crippen LogP contribution in [-0.4, -0.2) is 11.3 Å². The molecule has 0 saturated carbocycles. The molecule has 0 radical (unpaired) electrons. The average molecular weight is 267 g/mol. The highest BCUT2D eigenvalue weighted by molar-refractivity contribution is 14.1. The number of halogens is 1. The van der Waals surface area contributed by atoms with E-state index in [9.17, 15) is 0 Å². The summed E-state index contributed by atoms with van der Waals surface area (Å²) in [5.74, 6) is 1.40. The minimum absolute atomic E-state index is 0.146. The largest absolute Gasteiger partial charge is 0.472 e. The highest BCUT2D eigenvalue weighted by Crippen LogP contribution is 2.23. The van der Waals surface area contributed by atoms with E-state index in [-0.39, 0.29) is 6.10 Å². The molecule has 62 valence electrons. The third kappa shape index (κ3) is 2.08. The first-order chi connectivity index (χ1) is 5.11. The molecule has 1 aromatic heterocycles. The van der Waals surface area contributed by atoms with Gasteiger partial charge in [0.25, 0.3) is 5.88 Å². The molecule has 0 aliphatic rings. The summed E-state index contributed by atoms with van der Waals surface area (Å²) in [6.07, 6.45) is 0.146. The average Bonchev–Trinajstić information content (AvgIpc) is 2.18. The number of ether oxygens (including phenoxy) is 1. The maximum atomic E-state index is 5.35. The molecule has 4 heteroatoms. The highest BCUT2D eigenvalue weighted by Gasteiger charge is 2.11. The smallest absolute Gasteiger partial charge is 0.268 e. The van der Waals surface area contributed by atoms with Crippen molar-refractivity contribution in [1.29, 1.82) is 0 Å². The molecule has 0 aromatic carbocycles. The van der Waals surface area contributed by atoms with Crippen LogP contribution in [0.1, 0.15) is 19.6 Å². The van der Waals surface area contributed by atoms with Crippen LogP contribution in [0, 0.1) is 10.5 Å². The lowest BCUT2D eigenvalue weighted by Crippen LogP contribution is -2.06. The summed E-state index contributed by atoms with van der Waals surface area (Å²) >= 11 is 2.15. The molecule has 1 aromatic rings. The molecule has 11 heavy (non-hydrogen) atoms. The summed E-state index contributed by atoms with van der Waals surface area (Å²) in [5.41, 5.74) is 0. The van der Waals surface area contributed by atoms with Gasteiger partial charge in [-0.15, -0.1) is 0 Å². The Balaban J connectivity index is 2.79. The van der Waals surface area contributed by atoms with Crippen molar-refractivity contribution in [2.75, 3.05) is 0 Å². The zero-order chi connectivity index (χ0) is 8.43. The molecule has 0 bridgehead atoms. The number of rotatable bonds is 2. The van der Waals surface area contributed by atoms with Crippen LogP contribution < -0.4 is 4.74 Å². The minimum Gasteiger partial charge on any atom is -0.472 e. The molecule has 0 atom stereocenters. The molecular weight excluding hydrogens is 257 g/mol. The summed E-state index contributed by atoms with van der Waals surface area (Å²) in [7, 11) is 0. The Morgan fingerprint density at radius 1 is 1.55 bits per heavy atom. The van der Waals surface area contributed by atoms with Gasteiger partial charge >= 0.3 is 0 Å². The lowest BCUT2D eigenvalue weighted by molar-refractivity contribution is 0.216. The van der Waals surface area contributed by atoms with E-state index in [0.29, 0.717) is 5.88 Å². The number of nitrogens with zero attached hydrogens (tertiary/aromatic N) is 1. The second-order valence-electron chi connectivity index (χ2n) is 2.52. The maximum Gasteiger partial charge on any atom is 0.268 e. The summed E-state index contributed by atoms with van der Waals surface area (Å²) in [6.45, 7) is 5.78. The summed E-state index contributed by atoms with van der Waals surface area (Å²) in [6, 6.07) is 0. The summed E-state index contributed by atoms with van der Waals surface area (Å²) in [4.78, 5) is 0. The summed E-state index contributed by atoms with van der Waals surface area (Å²) < 4.78 is 11.2. The van der Waals surface area contributed by atoms with E-state index in [1.807, 2.05) is 20.8 Å². The van der Waals surface area contributed by atoms with Crippen molar-refractivity contribution in [3.05, 3.63) is 9.33 Å². The van der Waals surface area contributed by atoms with E-state index >= 15 is 0 Å². The van der Waals surface area contributed by atoms with Crippen LogP contribution in [0.2, 0.25) is 0 Å². The second-order valence-corrected chi connectivity index (χ2v) is 3.60. The molecule has 1 heterocycles. The Bertz CT molecular complexity index is 245.